The number of benzene rings is 1. The van der Waals surface area contributed by atoms with E-state index in [1.54, 1.807) is 6.33 Å². The smallest absolute Gasteiger partial charge is 0.260 e. The molecule has 1 heterocycles. The molecule has 0 spiro atoms. The van der Waals surface area contributed by atoms with Crippen molar-refractivity contribution in [2.45, 2.75) is 40.2 Å². The van der Waals surface area contributed by atoms with Gasteiger partial charge in [0, 0.05) is 5.71 Å². The van der Waals surface area contributed by atoms with Gasteiger partial charge in [-0.3, -0.25) is 4.79 Å². The van der Waals surface area contributed by atoms with E-state index in [9.17, 15) is 4.79 Å². The molecule has 5 heteroatoms. The van der Waals surface area contributed by atoms with E-state index in [1.165, 1.54) is 0 Å². The molecule has 1 amide bonds. The van der Waals surface area contributed by atoms with Gasteiger partial charge in [0.1, 0.15) is 6.54 Å². The van der Waals surface area contributed by atoms with E-state index >= 15 is 0 Å². The van der Waals surface area contributed by atoms with E-state index in [2.05, 4.69) is 29.4 Å². The van der Waals surface area contributed by atoms with Crippen molar-refractivity contribution in [1.29, 1.82) is 0 Å². The minimum absolute atomic E-state index is 0.137. The summed E-state index contributed by atoms with van der Waals surface area (Å²) in [5, 5.41) is 4.14. The summed E-state index contributed by atoms with van der Waals surface area (Å²) in [5.74, 6) is 0.505. The Morgan fingerprint density at radius 1 is 1.38 bits per heavy atom. The van der Waals surface area contributed by atoms with Gasteiger partial charge < -0.3 is 4.57 Å². The van der Waals surface area contributed by atoms with Crippen LogP contribution in [0, 0.1) is 5.92 Å². The van der Waals surface area contributed by atoms with Gasteiger partial charge in [0.2, 0.25) is 0 Å². The van der Waals surface area contributed by atoms with Crippen LogP contribution < -0.4 is 5.43 Å². The molecule has 0 atom stereocenters. The van der Waals surface area contributed by atoms with E-state index in [-0.39, 0.29) is 12.5 Å². The highest BCUT2D eigenvalue weighted by Gasteiger charge is 2.06. The molecule has 0 bridgehead atoms. The number of hydrazone groups is 1. The molecule has 1 aromatic heterocycles. The van der Waals surface area contributed by atoms with Crippen molar-refractivity contribution >= 4 is 22.7 Å². The SMILES string of the molecule is C/C(CCC(C)C)=N/NC(=O)Cn1cnc2ccccc21. The maximum atomic E-state index is 11.9. The quantitative estimate of drug-likeness (QED) is 0.655. The predicted molar refractivity (Wildman–Crippen MR) is 85.1 cm³/mol. The fraction of sp³-hybridized carbons (Fsp3) is 0.438. The van der Waals surface area contributed by atoms with E-state index in [0.717, 1.165) is 29.6 Å². The molecule has 5 nitrogen and oxygen atoms in total. The lowest BCUT2D eigenvalue weighted by Crippen LogP contribution is -2.23. The average Bonchev–Trinajstić information content (AvgIpc) is 2.86. The van der Waals surface area contributed by atoms with Gasteiger partial charge in [-0.15, -0.1) is 0 Å². The number of imidazole rings is 1. The lowest BCUT2D eigenvalue weighted by molar-refractivity contribution is -0.121. The third kappa shape index (κ3) is 4.41. The van der Waals surface area contributed by atoms with Crippen LogP contribution >= 0.6 is 0 Å². The van der Waals surface area contributed by atoms with E-state index in [0.29, 0.717) is 5.92 Å². The van der Waals surface area contributed by atoms with Crippen LogP contribution in [0.25, 0.3) is 11.0 Å². The van der Waals surface area contributed by atoms with Crippen LogP contribution in [0.5, 0.6) is 0 Å². The van der Waals surface area contributed by atoms with Crippen molar-refractivity contribution in [2.24, 2.45) is 11.0 Å². The highest BCUT2D eigenvalue weighted by atomic mass is 16.2. The summed E-state index contributed by atoms with van der Waals surface area (Å²) in [6.45, 7) is 6.52. The number of hydrogen-bond donors (Lipinski definition) is 1. The summed E-state index contributed by atoms with van der Waals surface area (Å²) in [6.07, 6.45) is 3.67. The molecule has 1 N–H and O–H groups in total. The van der Waals surface area contributed by atoms with Gasteiger partial charge in [-0.25, -0.2) is 10.4 Å². The van der Waals surface area contributed by atoms with E-state index in [1.807, 2.05) is 35.8 Å². The van der Waals surface area contributed by atoms with Crippen molar-refractivity contribution < 1.29 is 4.79 Å². The molecular formula is C16H22N4O. The number of aromatic nitrogens is 2. The van der Waals surface area contributed by atoms with Crippen molar-refractivity contribution in [3.8, 4) is 0 Å². The van der Waals surface area contributed by atoms with Crippen LogP contribution in [0.3, 0.4) is 0 Å². The molecule has 0 aliphatic rings. The molecule has 0 unspecified atom stereocenters. The van der Waals surface area contributed by atoms with Crippen LogP contribution in [0.2, 0.25) is 0 Å². The van der Waals surface area contributed by atoms with Gasteiger partial charge in [-0.05, 0) is 37.8 Å². The second-order valence-electron chi connectivity index (χ2n) is 5.68. The number of rotatable bonds is 6. The summed E-state index contributed by atoms with van der Waals surface area (Å²) >= 11 is 0. The van der Waals surface area contributed by atoms with Gasteiger partial charge in [0.15, 0.2) is 0 Å². The van der Waals surface area contributed by atoms with Crippen LogP contribution in [0.1, 0.15) is 33.6 Å². The Hall–Kier alpha value is -2.17. The Labute approximate surface area is 125 Å². The second kappa shape index (κ2) is 7.02. The molecule has 0 aliphatic carbocycles. The molecule has 2 aromatic rings. The molecule has 21 heavy (non-hydrogen) atoms. The number of hydrogen-bond acceptors (Lipinski definition) is 3. The first-order valence-corrected chi connectivity index (χ1v) is 7.28. The van der Waals surface area contributed by atoms with Gasteiger partial charge in [0.05, 0.1) is 17.4 Å². The Morgan fingerprint density at radius 3 is 2.90 bits per heavy atom. The molecule has 112 valence electrons. The van der Waals surface area contributed by atoms with Gasteiger partial charge in [-0.2, -0.15) is 5.10 Å². The summed E-state index contributed by atoms with van der Waals surface area (Å²) < 4.78 is 1.82. The summed E-state index contributed by atoms with van der Waals surface area (Å²) in [5.41, 5.74) is 5.40. The molecule has 0 aliphatic heterocycles. The molecule has 0 radical (unpaired) electrons. The Balaban J connectivity index is 1.91. The molecule has 0 saturated heterocycles. The maximum absolute atomic E-state index is 11.9. The summed E-state index contributed by atoms with van der Waals surface area (Å²) in [6, 6.07) is 7.75. The fourth-order valence-corrected chi connectivity index (χ4v) is 2.04. The van der Waals surface area contributed by atoms with Gasteiger partial charge in [0.25, 0.3) is 5.91 Å². The zero-order valence-corrected chi connectivity index (χ0v) is 12.8. The second-order valence-corrected chi connectivity index (χ2v) is 5.68. The van der Waals surface area contributed by atoms with Gasteiger partial charge >= 0.3 is 0 Å². The van der Waals surface area contributed by atoms with Crippen LogP contribution in [0.4, 0.5) is 0 Å². The zero-order valence-electron chi connectivity index (χ0n) is 12.8. The number of amides is 1. The Morgan fingerprint density at radius 2 is 2.14 bits per heavy atom. The third-order valence-corrected chi connectivity index (χ3v) is 3.30. The van der Waals surface area contributed by atoms with E-state index in [4.69, 9.17) is 0 Å². The number of fused-ring (bicyclic) bond motifs is 1. The first-order chi connectivity index (χ1) is 10.1. The van der Waals surface area contributed by atoms with Crippen molar-refractivity contribution in [3.63, 3.8) is 0 Å². The largest absolute Gasteiger partial charge is 0.321 e. The van der Waals surface area contributed by atoms with E-state index < -0.39 is 0 Å². The lowest BCUT2D eigenvalue weighted by Gasteiger charge is -2.06. The minimum atomic E-state index is -0.137. The number of carbonyl (C=O) groups excluding carboxylic acids is 1. The zero-order chi connectivity index (χ0) is 15.2. The average molecular weight is 286 g/mol. The number of para-hydroxylation sites is 2. The molecular weight excluding hydrogens is 264 g/mol. The molecule has 0 fully saturated rings. The number of nitrogens with one attached hydrogen (secondary N) is 1. The highest BCUT2D eigenvalue weighted by Crippen LogP contribution is 2.11. The highest BCUT2D eigenvalue weighted by molar-refractivity contribution is 5.85. The maximum Gasteiger partial charge on any atom is 0.260 e. The number of carbonyl (C=O) groups is 1. The van der Waals surface area contributed by atoms with Crippen molar-refractivity contribution in [1.82, 2.24) is 15.0 Å². The first-order valence-electron chi connectivity index (χ1n) is 7.28. The normalized spacial score (nSPS) is 12.1. The van der Waals surface area contributed by atoms with Crippen LogP contribution in [-0.4, -0.2) is 21.2 Å². The van der Waals surface area contributed by atoms with Crippen molar-refractivity contribution in [2.75, 3.05) is 0 Å². The number of nitrogens with zero attached hydrogens (tertiary/aromatic N) is 3. The molecule has 1 aromatic carbocycles. The van der Waals surface area contributed by atoms with Crippen LogP contribution in [0.15, 0.2) is 35.7 Å². The standard InChI is InChI=1S/C16H22N4O/c1-12(2)8-9-13(3)18-19-16(21)10-20-11-17-14-6-4-5-7-15(14)20/h4-7,11-12H,8-10H2,1-3H3,(H,19,21)/b18-13-. The van der Waals surface area contributed by atoms with Crippen LogP contribution in [-0.2, 0) is 11.3 Å². The summed E-state index contributed by atoms with van der Waals surface area (Å²) in [7, 11) is 0. The Bertz CT molecular complexity index is 643. The first kappa shape index (κ1) is 15.2. The summed E-state index contributed by atoms with van der Waals surface area (Å²) in [4.78, 5) is 16.2. The third-order valence-electron chi connectivity index (χ3n) is 3.30. The molecule has 0 saturated carbocycles. The van der Waals surface area contributed by atoms with Gasteiger partial charge in [-0.1, -0.05) is 26.0 Å². The monoisotopic (exact) mass is 286 g/mol. The molecule has 2 rings (SSSR count). The minimum Gasteiger partial charge on any atom is -0.321 e. The van der Waals surface area contributed by atoms with Crippen molar-refractivity contribution in [3.05, 3.63) is 30.6 Å². The fourth-order valence-electron chi connectivity index (χ4n) is 2.04. The Kier molecular flexibility index (Phi) is 5.09. The topological polar surface area (TPSA) is 59.3 Å². The predicted octanol–water partition coefficient (Wildman–Crippen LogP) is 2.96. The lowest BCUT2D eigenvalue weighted by atomic mass is 10.1.